The van der Waals surface area contributed by atoms with Gasteiger partial charge in [0.25, 0.3) is 5.91 Å². The molecule has 0 atom stereocenters. The fraction of sp³-hybridized carbons (Fsp3) is 0.350. The monoisotopic (exact) mass is 371 g/mol. The van der Waals surface area contributed by atoms with Crippen LogP contribution in [-0.2, 0) is 15.9 Å². The molecule has 0 unspecified atom stereocenters. The second-order valence-corrected chi connectivity index (χ2v) is 7.58. The third kappa shape index (κ3) is 3.84. The van der Waals surface area contributed by atoms with Crippen LogP contribution >= 0.6 is 0 Å². The molecule has 1 aliphatic heterocycles. The Morgan fingerprint density at radius 3 is 2.33 bits per heavy atom. The van der Waals surface area contributed by atoms with Gasteiger partial charge in [0.15, 0.2) is 0 Å². The lowest BCUT2D eigenvalue weighted by molar-refractivity contribution is 0.00578. The standard InChI is InChI=1S/C20H23BFNO4/c1-19(2)20(3,4)27-21(26-19)16-8-6-5-7-13(16)12-25-14-9-10-15(18(23)24)17(22)11-14/h5-11H,12H2,1-4H3,(H2,23,24). The molecule has 1 saturated heterocycles. The molecular weight excluding hydrogens is 348 g/mol. The van der Waals surface area contributed by atoms with Crippen LogP contribution in [0.15, 0.2) is 42.5 Å². The number of halogens is 1. The first-order valence-electron chi connectivity index (χ1n) is 8.76. The second-order valence-electron chi connectivity index (χ2n) is 7.58. The normalized spacial score (nSPS) is 17.7. The zero-order valence-electron chi connectivity index (χ0n) is 15.9. The number of benzene rings is 2. The van der Waals surface area contributed by atoms with Crippen molar-refractivity contribution in [2.24, 2.45) is 5.73 Å². The first kappa shape index (κ1) is 19.4. The van der Waals surface area contributed by atoms with Crippen molar-refractivity contribution in [3.8, 4) is 5.75 Å². The number of hydrogen-bond donors (Lipinski definition) is 1. The Morgan fingerprint density at radius 1 is 1.11 bits per heavy atom. The molecule has 27 heavy (non-hydrogen) atoms. The quantitative estimate of drug-likeness (QED) is 0.821. The van der Waals surface area contributed by atoms with E-state index in [4.69, 9.17) is 19.8 Å². The Hall–Kier alpha value is -2.38. The Balaban J connectivity index is 1.78. The van der Waals surface area contributed by atoms with Crippen molar-refractivity contribution in [2.45, 2.75) is 45.5 Å². The molecule has 0 saturated carbocycles. The van der Waals surface area contributed by atoms with Crippen molar-refractivity contribution in [1.29, 1.82) is 0 Å². The molecular formula is C20H23BFNO4. The van der Waals surface area contributed by atoms with Crippen LogP contribution in [-0.4, -0.2) is 24.2 Å². The van der Waals surface area contributed by atoms with E-state index in [-0.39, 0.29) is 12.2 Å². The number of primary amides is 1. The molecule has 1 fully saturated rings. The lowest BCUT2D eigenvalue weighted by Gasteiger charge is -2.32. The van der Waals surface area contributed by atoms with Gasteiger partial charge in [-0.2, -0.15) is 0 Å². The molecule has 0 spiro atoms. The second kappa shape index (κ2) is 6.98. The van der Waals surface area contributed by atoms with Crippen LogP contribution in [0.5, 0.6) is 5.75 Å². The maximum atomic E-state index is 13.9. The van der Waals surface area contributed by atoms with E-state index >= 15 is 0 Å². The third-order valence-corrected chi connectivity index (χ3v) is 5.16. The number of nitrogens with two attached hydrogens (primary N) is 1. The van der Waals surface area contributed by atoms with Crippen molar-refractivity contribution < 1.29 is 23.2 Å². The molecule has 2 aromatic carbocycles. The van der Waals surface area contributed by atoms with Gasteiger partial charge in [-0.15, -0.1) is 0 Å². The third-order valence-electron chi connectivity index (χ3n) is 5.16. The van der Waals surface area contributed by atoms with Gasteiger partial charge < -0.3 is 19.8 Å². The lowest BCUT2D eigenvalue weighted by atomic mass is 9.76. The molecule has 5 nitrogen and oxygen atoms in total. The average Bonchev–Trinajstić information content (AvgIpc) is 2.80. The van der Waals surface area contributed by atoms with E-state index in [0.29, 0.717) is 5.75 Å². The van der Waals surface area contributed by atoms with Crippen molar-refractivity contribution in [3.63, 3.8) is 0 Å². The summed E-state index contributed by atoms with van der Waals surface area (Å²) < 4.78 is 31.8. The van der Waals surface area contributed by atoms with Crippen LogP contribution in [0.1, 0.15) is 43.6 Å². The van der Waals surface area contributed by atoms with Gasteiger partial charge in [0, 0.05) is 6.07 Å². The summed E-state index contributed by atoms with van der Waals surface area (Å²) in [6, 6.07) is 11.6. The highest BCUT2D eigenvalue weighted by molar-refractivity contribution is 6.62. The van der Waals surface area contributed by atoms with Gasteiger partial charge in [-0.3, -0.25) is 4.79 Å². The summed E-state index contributed by atoms with van der Waals surface area (Å²) in [5.41, 5.74) is 5.80. The smallest absolute Gasteiger partial charge is 0.489 e. The predicted octanol–water partition coefficient (Wildman–Crippen LogP) is 2.80. The molecule has 1 aliphatic rings. The summed E-state index contributed by atoms with van der Waals surface area (Å²) in [4.78, 5) is 11.1. The fourth-order valence-corrected chi connectivity index (χ4v) is 2.81. The molecule has 0 aromatic heterocycles. The highest BCUT2D eigenvalue weighted by atomic mass is 19.1. The van der Waals surface area contributed by atoms with E-state index in [1.54, 1.807) is 0 Å². The summed E-state index contributed by atoms with van der Waals surface area (Å²) in [6.07, 6.45) is 0. The van der Waals surface area contributed by atoms with Gasteiger partial charge in [-0.1, -0.05) is 24.3 Å². The van der Waals surface area contributed by atoms with Gasteiger partial charge in [0.2, 0.25) is 0 Å². The maximum Gasteiger partial charge on any atom is 0.495 e. The van der Waals surface area contributed by atoms with E-state index in [0.717, 1.165) is 17.1 Å². The molecule has 3 rings (SSSR count). The summed E-state index contributed by atoms with van der Waals surface area (Å²) in [6.45, 7) is 8.18. The summed E-state index contributed by atoms with van der Waals surface area (Å²) in [5, 5.41) is 0. The summed E-state index contributed by atoms with van der Waals surface area (Å²) >= 11 is 0. The molecule has 1 amide bonds. The Labute approximate surface area is 158 Å². The van der Waals surface area contributed by atoms with Crippen LogP contribution in [0.25, 0.3) is 0 Å². The van der Waals surface area contributed by atoms with E-state index in [9.17, 15) is 9.18 Å². The molecule has 0 radical (unpaired) electrons. The number of carbonyl (C=O) groups excluding carboxylic acids is 1. The highest BCUT2D eigenvalue weighted by Gasteiger charge is 2.52. The topological polar surface area (TPSA) is 70.8 Å². The lowest BCUT2D eigenvalue weighted by Crippen LogP contribution is -2.41. The molecule has 7 heteroatoms. The summed E-state index contributed by atoms with van der Waals surface area (Å²) in [7, 11) is -0.510. The van der Waals surface area contributed by atoms with Crippen LogP contribution in [0.2, 0.25) is 0 Å². The van der Waals surface area contributed by atoms with Crippen molar-refractivity contribution in [1.82, 2.24) is 0 Å². The Morgan fingerprint density at radius 2 is 1.74 bits per heavy atom. The van der Waals surface area contributed by atoms with Crippen molar-refractivity contribution >= 4 is 18.5 Å². The number of hydrogen-bond acceptors (Lipinski definition) is 4. The zero-order chi connectivity index (χ0) is 19.8. The van der Waals surface area contributed by atoms with E-state index in [1.807, 2.05) is 52.0 Å². The van der Waals surface area contributed by atoms with Gasteiger partial charge in [0.1, 0.15) is 18.2 Å². The van der Waals surface area contributed by atoms with Gasteiger partial charge >= 0.3 is 7.12 Å². The zero-order valence-corrected chi connectivity index (χ0v) is 15.9. The van der Waals surface area contributed by atoms with Crippen LogP contribution < -0.4 is 15.9 Å². The predicted molar refractivity (Wildman–Crippen MR) is 101 cm³/mol. The van der Waals surface area contributed by atoms with Gasteiger partial charge in [-0.05, 0) is 50.9 Å². The summed E-state index contributed by atoms with van der Waals surface area (Å²) in [5.74, 6) is -1.22. The molecule has 2 aromatic rings. The number of ether oxygens (including phenoxy) is 1. The minimum Gasteiger partial charge on any atom is -0.489 e. The fourth-order valence-electron chi connectivity index (χ4n) is 2.81. The number of carbonyl (C=O) groups is 1. The number of amides is 1. The van der Waals surface area contributed by atoms with Crippen LogP contribution in [0.3, 0.4) is 0 Å². The number of rotatable bonds is 5. The van der Waals surface area contributed by atoms with Crippen LogP contribution in [0, 0.1) is 5.82 Å². The SMILES string of the molecule is CC1(C)OB(c2ccccc2COc2ccc(C(N)=O)c(F)c2)OC1(C)C. The van der Waals surface area contributed by atoms with Gasteiger partial charge in [-0.25, -0.2) is 4.39 Å². The molecule has 142 valence electrons. The minimum atomic E-state index is -0.815. The average molecular weight is 371 g/mol. The van der Waals surface area contributed by atoms with Crippen molar-refractivity contribution in [3.05, 3.63) is 59.4 Å². The van der Waals surface area contributed by atoms with Crippen LogP contribution in [0.4, 0.5) is 4.39 Å². The van der Waals surface area contributed by atoms with Gasteiger partial charge in [0.05, 0.1) is 16.8 Å². The Bertz CT molecular complexity index is 853. The highest BCUT2D eigenvalue weighted by Crippen LogP contribution is 2.36. The molecule has 0 bridgehead atoms. The molecule has 2 N–H and O–H groups in total. The van der Waals surface area contributed by atoms with Crippen molar-refractivity contribution in [2.75, 3.05) is 0 Å². The van der Waals surface area contributed by atoms with E-state index in [1.165, 1.54) is 12.1 Å². The van der Waals surface area contributed by atoms with E-state index < -0.39 is 30.0 Å². The first-order valence-corrected chi connectivity index (χ1v) is 8.76. The molecule has 0 aliphatic carbocycles. The first-order chi connectivity index (χ1) is 12.6. The maximum absolute atomic E-state index is 13.9. The Kier molecular flexibility index (Phi) is 5.01. The minimum absolute atomic E-state index is 0.167. The molecule has 1 heterocycles. The van der Waals surface area contributed by atoms with E-state index in [2.05, 4.69) is 0 Å². The largest absolute Gasteiger partial charge is 0.495 e.